The molecular formula is C24H28N4O3. The highest BCUT2D eigenvalue weighted by atomic mass is 16.5. The first-order chi connectivity index (χ1) is 15.1. The summed E-state index contributed by atoms with van der Waals surface area (Å²) in [6.45, 7) is 4.30. The van der Waals surface area contributed by atoms with Gasteiger partial charge < -0.3 is 14.8 Å². The Hall–Kier alpha value is -2.77. The molecule has 1 aliphatic carbocycles. The van der Waals surface area contributed by atoms with Crippen LogP contribution in [-0.2, 0) is 16.0 Å². The molecule has 2 atom stereocenters. The molecule has 0 spiro atoms. The average molecular weight is 421 g/mol. The molecular weight excluding hydrogens is 392 g/mol. The number of aromatic nitrogens is 3. The van der Waals surface area contributed by atoms with Crippen LogP contribution in [0.1, 0.15) is 24.2 Å². The van der Waals surface area contributed by atoms with E-state index in [0.717, 1.165) is 59.7 Å². The normalized spacial score (nSPS) is 21.0. The Kier molecular flexibility index (Phi) is 5.46. The number of aryl methyl sites for hydroxylation is 1. The number of hydrogen-bond acceptors (Lipinski definition) is 6. The number of nitrogens with zero attached hydrogens (tertiary/aromatic N) is 3. The van der Waals surface area contributed by atoms with E-state index in [1.54, 1.807) is 13.3 Å². The van der Waals surface area contributed by atoms with Gasteiger partial charge in [0.1, 0.15) is 11.5 Å². The molecule has 0 amide bonds. The molecule has 0 unspecified atom stereocenters. The molecule has 3 aromatic heterocycles. The highest BCUT2D eigenvalue weighted by molar-refractivity contribution is 5.85. The largest absolute Gasteiger partial charge is 0.491 e. The molecule has 7 nitrogen and oxygen atoms in total. The summed E-state index contributed by atoms with van der Waals surface area (Å²) >= 11 is 0. The number of carbonyl (C=O) groups excluding carboxylic acids is 1. The lowest BCUT2D eigenvalue weighted by atomic mass is 10.1. The Balaban J connectivity index is 1.39. The number of methoxy groups -OCH3 is 1. The Morgan fingerprint density at radius 1 is 1.26 bits per heavy atom. The second-order valence-corrected chi connectivity index (χ2v) is 8.66. The molecule has 4 heterocycles. The molecule has 1 aliphatic heterocycles. The molecule has 1 saturated heterocycles. The summed E-state index contributed by atoms with van der Waals surface area (Å²) in [5.74, 6) is 1.64. The van der Waals surface area contributed by atoms with Crippen LogP contribution >= 0.6 is 0 Å². The van der Waals surface area contributed by atoms with Crippen molar-refractivity contribution in [1.29, 1.82) is 0 Å². The quantitative estimate of drug-likeness (QED) is 0.604. The van der Waals surface area contributed by atoms with Gasteiger partial charge in [0, 0.05) is 49.5 Å². The van der Waals surface area contributed by atoms with E-state index in [1.165, 1.54) is 0 Å². The number of fused-ring (bicyclic) bond motifs is 1. The van der Waals surface area contributed by atoms with Gasteiger partial charge in [-0.3, -0.25) is 9.78 Å². The fourth-order valence-electron chi connectivity index (χ4n) is 4.27. The van der Waals surface area contributed by atoms with Crippen LogP contribution < -0.4 is 10.1 Å². The third-order valence-electron chi connectivity index (χ3n) is 6.25. The van der Waals surface area contributed by atoms with Gasteiger partial charge in [0.05, 0.1) is 36.5 Å². The number of nitrogens with one attached hydrogen (secondary N) is 1. The second-order valence-electron chi connectivity index (χ2n) is 8.66. The molecule has 2 aliphatic rings. The van der Waals surface area contributed by atoms with Crippen molar-refractivity contribution < 1.29 is 14.3 Å². The lowest BCUT2D eigenvalue weighted by molar-refractivity contribution is -0.119. The predicted molar refractivity (Wildman–Crippen MR) is 117 cm³/mol. The molecule has 0 bridgehead atoms. The van der Waals surface area contributed by atoms with E-state index in [2.05, 4.69) is 27.5 Å². The fraction of sp³-hybridized carbons (Fsp3) is 0.458. The lowest BCUT2D eigenvalue weighted by Crippen LogP contribution is -2.26. The van der Waals surface area contributed by atoms with E-state index in [4.69, 9.17) is 9.47 Å². The average Bonchev–Trinajstić information content (AvgIpc) is 3.40. The maximum atomic E-state index is 12.2. The van der Waals surface area contributed by atoms with Crippen molar-refractivity contribution in [1.82, 2.24) is 19.9 Å². The Morgan fingerprint density at radius 2 is 2.13 bits per heavy atom. The van der Waals surface area contributed by atoms with Crippen LogP contribution in [0.5, 0.6) is 5.75 Å². The van der Waals surface area contributed by atoms with E-state index in [-0.39, 0.29) is 12.0 Å². The van der Waals surface area contributed by atoms with Gasteiger partial charge in [0.15, 0.2) is 0 Å². The van der Waals surface area contributed by atoms with Gasteiger partial charge in [-0.2, -0.15) is 5.10 Å². The summed E-state index contributed by atoms with van der Waals surface area (Å²) < 4.78 is 13.6. The maximum absolute atomic E-state index is 12.2. The van der Waals surface area contributed by atoms with Gasteiger partial charge >= 0.3 is 0 Å². The number of pyridine rings is 2. The van der Waals surface area contributed by atoms with Crippen LogP contribution in [-0.4, -0.2) is 53.3 Å². The first-order valence-electron chi connectivity index (χ1n) is 10.9. The number of Topliss-reactive ketones (excluding diaryl/α,β-unsaturated/α-hetero) is 1. The summed E-state index contributed by atoms with van der Waals surface area (Å²) in [7, 11) is 1.75. The minimum absolute atomic E-state index is 0.168. The van der Waals surface area contributed by atoms with Crippen molar-refractivity contribution in [3.05, 3.63) is 48.0 Å². The Bertz CT molecular complexity index is 1110. The molecule has 0 radical (unpaired) electrons. The second kappa shape index (κ2) is 8.40. The Morgan fingerprint density at radius 3 is 2.94 bits per heavy atom. The van der Waals surface area contributed by atoms with Gasteiger partial charge in [-0.15, -0.1) is 0 Å². The van der Waals surface area contributed by atoms with E-state index in [9.17, 15) is 4.79 Å². The van der Waals surface area contributed by atoms with E-state index < -0.39 is 0 Å². The van der Waals surface area contributed by atoms with Crippen LogP contribution in [0.2, 0.25) is 0 Å². The number of hydrogen-bond donors (Lipinski definition) is 1. The summed E-state index contributed by atoms with van der Waals surface area (Å²) in [5.41, 5.74) is 4.78. The summed E-state index contributed by atoms with van der Waals surface area (Å²) in [6.07, 6.45) is 6.39. The molecule has 7 heteroatoms. The minimum atomic E-state index is 0.168. The zero-order valence-electron chi connectivity index (χ0n) is 18.0. The minimum Gasteiger partial charge on any atom is -0.491 e. The molecule has 1 saturated carbocycles. The van der Waals surface area contributed by atoms with Gasteiger partial charge in [-0.05, 0) is 49.6 Å². The molecule has 162 valence electrons. The summed E-state index contributed by atoms with van der Waals surface area (Å²) in [5, 5.41) is 7.93. The fourth-order valence-corrected chi connectivity index (χ4v) is 4.27. The van der Waals surface area contributed by atoms with Crippen molar-refractivity contribution in [2.75, 3.05) is 26.8 Å². The van der Waals surface area contributed by atoms with Gasteiger partial charge in [0.2, 0.25) is 0 Å². The van der Waals surface area contributed by atoms with E-state index >= 15 is 0 Å². The molecule has 3 aromatic rings. The van der Waals surface area contributed by atoms with E-state index in [0.29, 0.717) is 24.7 Å². The Labute approximate surface area is 181 Å². The highest BCUT2D eigenvalue weighted by Crippen LogP contribution is 2.33. The monoisotopic (exact) mass is 420 g/mol. The summed E-state index contributed by atoms with van der Waals surface area (Å²) in [6, 6.07) is 8.18. The first-order valence-corrected chi connectivity index (χ1v) is 10.9. The number of ether oxygens (including phenoxy) is 2. The van der Waals surface area contributed by atoms with Crippen LogP contribution in [0, 0.1) is 18.8 Å². The number of rotatable bonds is 8. The molecule has 1 N–H and O–H groups in total. The van der Waals surface area contributed by atoms with Crippen LogP contribution in [0.3, 0.4) is 0 Å². The predicted octanol–water partition coefficient (Wildman–Crippen LogP) is 2.84. The molecule has 31 heavy (non-hydrogen) atoms. The van der Waals surface area contributed by atoms with Crippen molar-refractivity contribution in [3.63, 3.8) is 0 Å². The van der Waals surface area contributed by atoms with Gasteiger partial charge in [0.25, 0.3) is 0 Å². The van der Waals surface area contributed by atoms with Crippen LogP contribution in [0.25, 0.3) is 16.6 Å². The first kappa shape index (κ1) is 20.2. The zero-order chi connectivity index (χ0) is 21.4. The molecule has 5 rings (SSSR count). The highest BCUT2D eigenvalue weighted by Gasteiger charge is 2.30. The van der Waals surface area contributed by atoms with E-state index in [1.807, 2.05) is 29.8 Å². The molecule has 0 aromatic carbocycles. The topological polar surface area (TPSA) is 77.8 Å². The standard InChI is InChI=1S/C24H28N4O3/c1-15-7-21(24(13-26-15)31-14-18-11-25-12-23(18)30-2)17-5-6-28-20(8-17)9-19(27-28)10-22(29)16-3-4-16/h5-9,13,16,18,23,25H,3-4,10-12,14H2,1-2H3/t18-,23-/m0/s1. The maximum Gasteiger partial charge on any atom is 0.145 e. The van der Waals surface area contributed by atoms with Gasteiger partial charge in [-0.25, -0.2) is 4.52 Å². The smallest absolute Gasteiger partial charge is 0.145 e. The SMILES string of the molecule is CO[C@H]1CNC[C@H]1COc1cnc(C)cc1-c1ccn2nc(CC(=O)C3CC3)cc2c1. The van der Waals surface area contributed by atoms with Gasteiger partial charge in [-0.1, -0.05) is 0 Å². The number of ketones is 1. The number of carbonyl (C=O) groups is 1. The van der Waals surface area contributed by atoms with Crippen molar-refractivity contribution in [2.45, 2.75) is 32.3 Å². The van der Waals surface area contributed by atoms with Crippen molar-refractivity contribution >= 4 is 11.3 Å². The third-order valence-corrected chi connectivity index (χ3v) is 6.25. The third kappa shape index (κ3) is 4.34. The van der Waals surface area contributed by atoms with Crippen molar-refractivity contribution in [2.24, 2.45) is 11.8 Å². The zero-order valence-corrected chi connectivity index (χ0v) is 18.0. The van der Waals surface area contributed by atoms with Crippen LogP contribution in [0.4, 0.5) is 0 Å². The lowest BCUT2D eigenvalue weighted by Gasteiger charge is -2.19. The molecule has 2 fully saturated rings. The van der Waals surface area contributed by atoms with Crippen molar-refractivity contribution in [3.8, 4) is 16.9 Å². The summed E-state index contributed by atoms with van der Waals surface area (Å²) in [4.78, 5) is 16.6. The van der Waals surface area contributed by atoms with Crippen LogP contribution in [0.15, 0.2) is 36.7 Å².